The zero-order valence-corrected chi connectivity index (χ0v) is 8.08. The maximum absolute atomic E-state index is 10.7. The van der Waals surface area contributed by atoms with Crippen LogP contribution in [0.3, 0.4) is 0 Å². The Labute approximate surface area is 79.7 Å². The minimum Gasteiger partial charge on any atom is -0.460 e. The van der Waals surface area contributed by atoms with Gasteiger partial charge < -0.3 is 10.5 Å². The van der Waals surface area contributed by atoms with E-state index in [1.807, 2.05) is 0 Å². The molecule has 6 heteroatoms. The van der Waals surface area contributed by atoms with Crippen LogP contribution >= 0.6 is 34.8 Å². The van der Waals surface area contributed by atoms with Crippen LogP contribution < -0.4 is 5.73 Å². The first kappa shape index (κ1) is 11.3. The topological polar surface area (TPSA) is 52.3 Å². The molecular formula is C5H8Cl3NO2. The minimum atomic E-state index is -1.56. The van der Waals surface area contributed by atoms with E-state index in [1.165, 1.54) is 6.92 Å². The first-order valence-corrected chi connectivity index (χ1v) is 3.95. The van der Waals surface area contributed by atoms with Crippen LogP contribution in [0.5, 0.6) is 0 Å². The molecular weight excluding hydrogens is 212 g/mol. The molecule has 0 saturated heterocycles. The molecule has 0 unspecified atom stereocenters. The van der Waals surface area contributed by atoms with Crippen molar-refractivity contribution in [3.63, 3.8) is 0 Å². The molecule has 0 rings (SSSR count). The van der Waals surface area contributed by atoms with Crippen molar-refractivity contribution in [2.75, 3.05) is 6.61 Å². The summed E-state index contributed by atoms with van der Waals surface area (Å²) in [6, 6.07) is -0.692. The van der Waals surface area contributed by atoms with Gasteiger partial charge in [-0.3, -0.25) is 4.79 Å². The van der Waals surface area contributed by atoms with Crippen molar-refractivity contribution < 1.29 is 9.53 Å². The number of carbonyl (C=O) groups is 1. The number of ether oxygens (including phenoxy) is 1. The van der Waals surface area contributed by atoms with Gasteiger partial charge in [0.25, 0.3) is 0 Å². The number of alkyl halides is 3. The van der Waals surface area contributed by atoms with Gasteiger partial charge in [0.2, 0.25) is 3.79 Å². The van der Waals surface area contributed by atoms with Crippen LogP contribution in [-0.4, -0.2) is 22.4 Å². The molecule has 0 aromatic carbocycles. The van der Waals surface area contributed by atoms with Crippen LogP contribution in [-0.2, 0) is 9.53 Å². The SMILES string of the molecule is C[C@H](N)C(=O)OCC(Cl)(Cl)Cl. The van der Waals surface area contributed by atoms with Gasteiger partial charge in [0.15, 0.2) is 0 Å². The summed E-state index contributed by atoms with van der Waals surface area (Å²) in [6.07, 6.45) is 0. The first-order valence-electron chi connectivity index (χ1n) is 2.82. The Morgan fingerprint density at radius 2 is 2.09 bits per heavy atom. The monoisotopic (exact) mass is 219 g/mol. The number of hydrogen-bond acceptors (Lipinski definition) is 3. The van der Waals surface area contributed by atoms with Gasteiger partial charge in [0.1, 0.15) is 12.6 Å². The van der Waals surface area contributed by atoms with Crippen LogP contribution in [0.15, 0.2) is 0 Å². The Bertz CT molecular complexity index is 143. The van der Waals surface area contributed by atoms with E-state index in [2.05, 4.69) is 4.74 Å². The van der Waals surface area contributed by atoms with Crippen molar-refractivity contribution in [1.29, 1.82) is 0 Å². The van der Waals surface area contributed by atoms with Gasteiger partial charge in [-0.25, -0.2) is 0 Å². The maximum Gasteiger partial charge on any atom is 0.322 e. The zero-order valence-electron chi connectivity index (χ0n) is 5.81. The maximum atomic E-state index is 10.7. The highest BCUT2D eigenvalue weighted by Gasteiger charge is 2.22. The van der Waals surface area contributed by atoms with Gasteiger partial charge in [0, 0.05) is 0 Å². The highest BCUT2D eigenvalue weighted by atomic mass is 35.6. The van der Waals surface area contributed by atoms with Crippen molar-refractivity contribution in [3.05, 3.63) is 0 Å². The average Bonchev–Trinajstić information content (AvgIpc) is 1.80. The average molecular weight is 220 g/mol. The molecule has 0 bridgehead atoms. The standard InChI is InChI=1S/C5H8Cl3NO2/c1-3(9)4(10)11-2-5(6,7)8/h3H,2,9H2,1H3/t3-/m0/s1. The van der Waals surface area contributed by atoms with E-state index in [4.69, 9.17) is 40.5 Å². The molecule has 0 aliphatic carbocycles. The number of nitrogens with two attached hydrogens (primary N) is 1. The quantitative estimate of drug-likeness (QED) is 0.563. The third kappa shape index (κ3) is 6.69. The first-order chi connectivity index (χ1) is 4.83. The summed E-state index contributed by atoms with van der Waals surface area (Å²) in [5, 5.41) is 0. The summed E-state index contributed by atoms with van der Waals surface area (Å²) in [7, 11) is 0. The van der Waals surface area contributed by atoms with E-state index < -0.39 is 15.8 Å². The molecule has 0 spiro atoms. The Balaban J connectivity index is 3.64. The lowest BCUT2D eigenvalue weighted by atomic mass is 10.4. The highest BCUT2D eigenvalue weighted by molar-refractivity contribution is 6.67. The predicted molar refractivity (Wildman–Crippen MR) is 44.9 cm³/mol. The highest BCUT2D eigenvalue weighted by Crippen LogP contribution is 2.25. The molecule has 0 heterocycles. The summed E-state index contributed by atoms with van der Waals surface area (Å²) in [4.78, 5) is 10.7. The predicted octanol–water partition coefficient (Wildman–Crippen LogP) is 1.25. The largest absolute Gasteiger partial charge is 0.460 e. The smallest absolute Gasteiger partial charge is 0.322 e. The lowest BCUT2D eigenvalue weighted by Crippen LogP contribution is -2.31. The van der Waals surface area contributed by atoms with Crippen LogP contribution in [0, 0.1) is 0 Å². The van der Waals surface area contributed by atoms with E-state index >= 15 is 0 Å². The molecule has 0 aliphatic rings. The van der Waals surface area contributed by atoms with Gasteiger partial charge in [-0.1, -0.05) is 34.8 Å². The number of halogens is 3. The van der Waals surface area contributed by atoms with Gasteiger partial charge in [0.05, 0.1) is 0 Å². The van der Waals surface area contributed by atoms with Crippen molar-refractivity contribution in [2.45, 2.75) is 16.8 Å². The van der Waals surface area contributed by atoms with E-state index in [9.17, 15) is 4.79 Å². The lowest BCUT2D eigenvalue weighted by Gasteiger charge is -2.12. The third-order valence-corrected chi connectivity index (χ3v) is 1.08. The van der Waals surface area contributed by atoms with Gasteiger partial charge >= 0.3 is 5.97 Å². The number of rotatable bonds is 2. The summed E-state index contributed by atoms with van der Waals surface area (Å²) < 4.78 is 2.94. The summed E-state index contributed by atoms with van der Waals surface area (Å²) in [6.45, 7) is 1.21. The van der Waals surface area contributed by atoms with E-state index in [1.54, 1.807) is 0 Å². The summed E-state index contributed by atoms with van der Waals surface area (Å²) >= 11 is 15.9. The Hall–Kier alpha value is 0.300. The van der Waals surface area contributed by atoms with Gasteiger partial charge in [-0.05, 0) is 6.92 Å². The normalized spacial score (nSPS) is 14.3. The fraction of sp³-hybridized carbons (Fsp3) is 0.800. The molecule has 0 aromatic rings. The van der Waals surface area contributed by atoms with E-state index in [0.29, 0.717) is 0 Å². The van der Waals surface area contributed by atoms with Crippen LogP contribution in [0.4, 0.5) is 0 Å². The molecule has 11 heavy (non-hydrogen) atoms. The molecule has 0 saturated carbocycles. The Morgan fingerprint density at radius 1 is 1.64 bits per heavy atom. The van der Waals surface area contributed by atoms with Gasteiger partial charge in [-0.2, -0.15) is 0 Å². The lowest BCUT2D eigenvalue weighted by molar-refractivity contribution is -0.144. The van der Waals surface area contributed by atoms with Crippen LogP contribution in [0.25, 0.3) is 0 Å². The second-order valence-corrected chi connectivity index (χ2v) is 4.53. The fourth-order valence-electron chi connectivity index (χ4n) is 0.284. The van der Waals surface area contributed by atoms with E-state index in [0.717, 1.165) is 0 Å². The van der Waals surface area contributed by atoms with Crippen molar-refractivity contribution in [1.82, 2.24) is 0 Å². The molecule has 1 atom stereocenters. The number of carbonyl (C=O) groups excluding carboxylic acids is 1. The molecule has 0 aliphatic heterocycles. The minimum absolute atomic E-state index is 0.280. The molecule has 2 N–H and O–H groups in total. The Morgan fingerprint density at radius 3 is 2.36 bits per heavy atom. The van der Waals surface area contributed by atoms with Gasteiger partial charge in [-0.15, -0.1) is 0 Å². The van der Waals surface area contributed by atoms with Crippen LogP contribution in [0.1, 0.15) is 6.92 Å². The molecule has 0 amide bonds. The van der Waals surface area contributed by atoms with E-state index in [-0.39, 0.29) is 6.61 Å². The number of hydrogen-bond donors (Lipinski definition) is 1. The summed E-state index contributed by atoms with van der Waals surface area (Å²) in [5.41, 5.74) is 5.16. The third-order valence-electron chi connectivity index (χ3n) is 0.750. The molecule has 0 aromatic heterocycles. The summed E-state index contributed by atoms with van der Waals surface area (Å²) in [5.74, 6) is -0.587. The molecule has 66 valence electrons. The number of esters is 1. The second-order valence-electron chi connectivity index (χ2n) is 2.01. The van der Waals surface area contributed by atoms with Crippen molar-refractivity contribution in [3.8, 4) is 0 Å². The molecule has 0 radical (unpaired) electrons. The zero-order chi connectivity index (χ0) is 9.07. The van der Waals surface area contributed by atoms with Crippen molar-refractivity contribution in [2.24, 2.45) is 5.73 Å². The molecule has 3 nitrogen and oxygen atoms in total. The van der Waals surface area contributed by atoms with Crippen LogP contribution in [0.2, 0.25) is 0 Å². The second kappa shape index (κ2) is 4.36. The van der Waals surface area contributed by atoms with Crippen molar-refractivity contribution >= 4 is 40.8 Å². The molecule has 0 fully saturated rings. The Kier molecular flexibility index (Phi) is 4.48. The fourth-order valence-corrected chi connectivity index (χ4v) is 0.448.